The molecule has 1 N–H and O–H groups in total. The third kappa shape index (κ3) is 7.23. The van der Waals surface area contributed by atoms with Gasteiger partial charge in [0.05, 0.1) is 17.6 Å². The molecule has 10 nitrogen and oxygen atoms in total. The average molecular weight is 585 g/mol. The predicted molar refractivity (Wildman–Crippen MR) is 152 cm³/mol. The molecule has 3 heterocycles. The molecule has 0 aliphatic carbocycles. The van der Waals surface area contributed by atoms with E-state index in [0.29, 0.717) is 46.4 Å². The minimum absolute atomic E-state index is 0.0236. The predicted octanol–water partition coefficient (Wildman–Crippen LogP) is 6.85. The van der Waals surface area contributed by atoms with Gasteiger partial charge in [-0.05, 0) is 71.2 Å². The van der Waals surface area contributed by atoms with Gasteiger partial charge in [-0.15, -0.1) is 0 Å². The minimum Gasteiger partial charge on any atom is -0.486 e. The fourth-order valence-electron chi connectivity index (χ4n) is 4.01. The zero-order valence-electron chi connectivity index (χ0n) is 24.6. The summed E-state index contributed by atoms with van der Waals surface area (Å²) in [5.41, 5.74) is 0.107. The van der Waals surface area contributed by atoms with Gasteiger partial charge in [0, 0.05) is 30.9 Å². The molecule has 0 bridgehead atoms. The lowest BCUT2D eigenvalue weighted by molar-refractivity contribution is 0.0427. The summed E-state index contributed by atoms with van der Waals surface area (Å²) in [5.74, 6) is -1.28. The Balaban J connectivity index is 1.65. The molecule has 0 atom stereocenters. The van der Waals surface area contributed by atoms with Crippen LogP contribution in [0.1, 0.15) is 58.2 Å². The van der Waals surface area contributed by atoms with E-state index in [2.05, 4.69) is 15.3 Å². The second-order valence-corrected chi connectivity index (χ2v) is 11.7. The van der Waals surface area contributed by atoms with Crippen molar-refractivity contribution in [3.05, 3.63) is 65.1 Å². The van der Waals surface area contributed by atoms with Crippen molar-refractivity contribution in [3.8, 4) is 11.5 Å². The highest BCUT2D eigenvalue weighted by molar-refractivity contribution is 6.08. The van der Waals surface area contributed by atoms with Gasteiger partial charge in [0.1, 0.15) is 24.4 Å². The molecule has 0 fully saturated rings. The van der Waals surface area contributed by atoms with Gasteiger partial charge in [-0.25, -0.2) is 23.4 Å². The van der Waals surface area contributed by atoms with Crippen LogP contribution in [0.5, 0.6) is 11.5 Å². The number of carbonyl (C=O) groups is 2. The zero-order valence-corrected chi connectivity index (χ0v) is 24.6. The van der Waals surface area contributed by atoms with Crippen LogP contribution in [-0.2, 0) is 15.9 Å². The molecule has 0 spiro atoms. The summed E-state index contributed by atoms with van der Waals surface area (Å²) >= 11 is 0. The summed E-state index contributed by atoms with van der Waals surface area (Å²) in [6, 6.07) is 4.19. The highest BCUT2D eigenvalue weighted by Gasteiger charge is 2.36. The Hall–Kier alpha value is -4.48. The number of pyridine rings is 2. The number of halogens is 2. The van der Waals surface area contributed by atoms with E-state index in [4.69, 9.17) is 18.9 Å². The normalized spacial score (nSPS) is 12.9. The number of rotatable bonds is 5. The van der Waals surface area contributed by atoms with Crippen LogP contribution in [0.3, 0.4) is 0 Å². The fourth-order valence-corrected chi connectivity index (χ4v) is 4.01. The van der Waals surface area contributed by atoms with E-state index in [0.717, 1.165) is 0 Å². The van der Waals surface area contributed by atoms with Crippen LogP contribution in [0.25, 0.3) is 0 Å². The lowest BCUT2D eigenvalue weighted by Gasteiger charge is -2.28. The lowest BCUT2D eigenvalue weighted by Crippen LogP contribution is -2.44. The Labute approximate surface area is 243 Å². The Morgan fingerprint density at radius 1 is 0.929 bits per heavy atom. The van der Waals surface area contributed by atoms with Crippen molar-refractivity contribution in [2.24, 2.45) is 0 Å². The monoisotopic (exact) mass is 584 g/mol. The first-order chi connectivity index (χ1) is 19.6. The molecular formula is C30H34F2N4O6. The van der Waals surface area contributed by atoms with E-state index in [1.807, 2.05) is 0 Å². The summed E-state index contributed by atoms with van der Waals surface area (Å²) in [5, 5.41) is 3.02. The highest BCUT2D eigenvalue weighted by atomic mass is 19.1. The number of fused-ring (bicyclic) bond motifs is 1. The van der Waals surface area contributed by atoms with Crippen LogP contribution in [0.2, 0.25) is 0 Å². The number of benzene rings is 1. The smallest absolute Gasteiger partial charge is 0.425 e. The van der Waals surface area contributed by atoms with Gasteiger partial charge >= 0.3 is 12.2 Å². The summed E-state index contributed by atoms with van der Waals surface area (Å²) in [6.07, 6.45) is 2.12. The van der Waals surface area contributed by atoms with Crippen LogP contribution >= 0.6 is 0 Å². The van der Waals surface area contributed by atoms with Crippen molar-refractivity contribution in [1.82, 2.24) is 9.97 Å². The Morgan fingerprint density at radius 2 is 1.52 bits per heavy atom. The topological polar surface area (TPSA) is 112 Å². The van der Waals surface area contributed by atoms with Crippen molar-refractivity contribution in [2.45, 2.75) is 66.1 Å². The molecule has 2 aromatic heterocycles. The first-order valence-electron chi connectivity index (χ1n) is 13.3. The van der Waals surface area contributed by atoms with Gasteiger partial charge < -0.3 is 24.3 Å². The third-order valence-corrected chi connectivity index (χ3v) is 5.92. The van der Waals surface area contributed by atoms with Gasteiger partial charge in [0.15, 0.2) is 29.0 Å². The number of aromatic nitrogens is 2. The van der Waals surface area contributed by atoms with Gasteiger partial charge in [-0.1, -0.05) is 0 Å². The lowest BCUT2D eigenvalue weighted by atomic mass is 10.0. The van der Waals surface area contributed by atoms with E-state index < -0.39 is 40.8 Å². The fraction of sp³-hybridized carbons (Fsp3) is 0.400. The molecular weight excluding hydrogens is 550 g/mol. The second kappa shape index (κ2) is 11.8. The average Bonchev–Trinajstić information content (AvgIpc) is 2.87. The molecule has 0 unspecified atom stereocenters. The van der Waals surface area contributed by atoms with E-state index in [9.17, 15) is 14.0 Å². The molecule has 0 saturated heterocycles. The van der Waals surface area contributed by atoms with E-state index >= 15 is 4.39 Å². The van der Waals surface area contributed by atoms with Gasteiger partial charge in [0.25, 0.3) is 0 Å². The molecule has 12 heteroatoms. The maximum atomic E-state index is 16.0. The van der Waals surface area contributed by atoms with Crippen molar-refractivity contribution >= 4 is 29.4 Å². The minimum atomic E-state index is -1.13. The summed E-state index contributed by atoms with van der Waals surface area (Å²) in [7, 11) is 0. The van der Waals surface area contributed by atoms with Crippen LogP contribution in [0.4, 0.5) is 35.6 Å². The molecule has 1 aliphatic rings. The van der Waals surface area contributed by atoms with Gasteiger partial charge in [-0.3, -0.25) is 4.98 Å². The Bertz CT molecular complexity index is 1470. The first-order valence-corrected chi connectivity index (χ1v) is 13.3. The molecule has 224 valence electrons. The zero-order chi connectivity index (χ0) is 30.8. The number of carbonyl (C=O) groups excluding carboxylic acids is 2. The highest BCUT2D eigenvalue weighted by Crippen LogP contribution is 2.37. The molecule has 0 saturated carbocycles. The standard InChI is InChI=1S/C30H34F2N4O6/c1-17-19(15-33-16-22(17)35-21-14-24-23(13-20(21)31)39-10-11-40-24)12-18-8-9-34-26(25(18)32)36(27(37)41-29(2,3)4)28(38)42-30(5,6)7/h8-9,13-16,35H,10-12H2,1-7H3. The number of nitrogens with zero attached hydrogens (tertiary/aromatic N) is 3. The molecule has 3 aromatic rings. The maximum absolute atomic E-state index is 16.0. The van der Waals surface area contributed by atoms with Crippen molar-refractivity contribution in [1.29, 1.82) is 0 Å². The first kappa shape index (κ1) is 30.5. The molecule has 1 aliphatic heterocycles. The summed E-state index contributed by atoms with van der Waals surface area (Å²) in [4.78, 5) is 34.7. The van der Waals surface area contributed by atoms with Crippen molar-refractivity contribution in [2.75, 3.05) is 23.4 Å². The van der Waals surface area contributed by atoms with Crippen LogP contribution < -0.4 is 19.7 Å². The number of anilines is 3. The number of hydrogen-bond donors (Lipinski definition) is 1. The number of imide groups is 1. The third-order valence-electron chi connectivity index (χ3n) is 5.92. The van der Waals surface area contributed by atoms with Gasteiger partial charge in [0.2, 0.25) is 0 Å². The Morgan fingerprint density at radius 3 is 2.12 bits per heavy atom. The van der Waals surface area contributed by atoms with E-state index in [1.54, 1.807) is 54.7 Å². The molecule has 42 heavy (non-hydrogen) atoms. The molecule has 2 amide bonds. The second-order valence-electron chi connectivity index (χ2n) is 11.7. The number of nitrogens with one attached hydrogen (secondary N) is 1. The maximum Gasteiger partial charge on any atom is 0.425 e. The van der Waals surface area contributed by atoms with Crippen LogP contribution in [0.15, 0.2) is 36.8 Å². The van der Waals surface area contributed by atoms with Crippen molar-refractivity contribution in [3.63, 3.8) is 0 Å². The summed E-state index contributed by atoms with van der Waals surface area (Å²) in [6.45, 7) is 12.2. The van der Waals surface area contributed by atoms with E-state index in [1.165, 1.54) is 30.6 Å². The molecule has 0 radical (unpaired) electrons. The number of hydrogen-bond acceptors (Lipinski definition) is 9. The van der Waals surface area contributed by atoms with E-state index in [-0.39, 0.29) is 17.7 Å². The van der Waals surface area contributed by atoms with Crippen molar-refractivity contribution < 1.29 is 37.3 Å². The number of amides is 2. The number of ether oxygens (including phenoxy) is 4. The molecule has 1 aromatic carbocycles. The van der Waals surface area contributed by atoms with Crippen LogP contribution in [0, 0.1) is 18.6 Å². The Kier molecular flexibility index (Phi) is 8.55. The molecule has 4 rings (SSSR count). The van der Waals surface area contributed by atoms with Gasteiger partial charge in [-0.2, -0.15) is 4.90 Å². The summed E-state index contributed by atoms with van der Waals surface area (Å²) < 4.78 is 52.4. The van der Waals surface area contributed by atoms with Crippen LogP contribution in [-0.4, -0.2) is 46.6 Å². The SMILES string of the molecule is Cc1c(Cc2ccnc(N(C(=O)OC(C)(C)C)C(=O)OC(C)(C)C)c2F)cncc1Nc1cc2c(cc1F)OCCO2. The quantitative estimate of drug-likeness (QED) is 0.344. The largest absolute Gasteiger partial charge is 0.486 e.